The van der Waals surface area contributed by atoms with Gasteiger partial charge in [0.15, 0.2) is 0 Å². The zero-order valence-corrected chi connectivity index (χ0v) is 15.6. The van der Waals surface area contributed by atoms with E-state index in [0.29, 0.717) is 21.4 Å². The van der Waals surface area contributed by atoms with Gasteiger partial charge in [0.1, 0.15) is 0 Å². The van der Waals surface area contributed by atoms with Crippen LogP contribution in [0.4, 0.5) is 17.1 Å². The number of nitrogens with one attached hydrogen (secondary N) is 3. The first-order chi connectivity index (χ1) is 13.1. The van der Waals surface area contributed by atoms with Gasteiger partial charge in [-0.1, -0.05) is 53.5 Å². The first-order valence-electron chi connectivity index (χ1n) is 8.09. The number of aliphatic imine (C=N–C) groups is 1. The predicted molar refractivity (Wildman–Crippen MR) is 112 cm³/mol. The molecule has 1 amide bonds. The number of hydrazine groups is 1. The topological polar surface area (TPSA) is 65.5 Å². The van der Waals surface area contributed by atoms with Crippen molar-refractivity contribution in [1.29, 1.82) is 0 Å². The van der Waals surface area contributed by atoms with E-state index < -0.39 is 5.91 Å². The van der Waals surface area contributed by atoms with E-state index in [9.17, 15) is 4.79 Å². The summed E-state index contributed by atoms with van der Waals surface area (Å²) < 4.78 is 0. The van der Waals surface area contributed by atoms with Gasteiger partial charge < -0.3 is 5.32 Å². The Morgan fingerprint density at radius 3 is 2.19 bits per heavy atom. The van der Waals surface area contributed by atoms with Gasteiger partial charge in [0.2, 0.25) is 5.84 Å². The van der Waals surface area contributed by atoms with Gasteiger partial charge in [-0.2, -0.15) is 0 Å². The van der Waals surface area contributed by atoms with Crippen molar-refractivity contribution >= 4 is 52.0 Å². The summed E-state index contributed by atoms with van der Waals surface area (Å²) >= 11 is 12.0. The average molecular weight is 399 g/mol. The molecule has 0 bridgehead atoms. The van der Waals surface area contributed by atoms with Crippen LogP contribution in [0.2, 0.25) is 10.0 Å². The van der Waals surface area contributed by atoms with Crippen LogP contribution in [0.3, 0.4) is 0 Å². The van der Waals surface area contributed by atoms with Gasteiger partial charge in [0, 0.05) is 5.02 Å². The number of amidine groups is 1. The smallest absolute Gasteiger partial charge is 0.292 e. The maximum atomic E-state index is 12.7. The molecule has 0 fully saturated rings. The number of halogens is 2. The molecule has 0 heterocycles. The van der Waals surface area contributed by atoms with Gasteiger partial charge in [0.25, 0.3) is 5.91 Å². The highest BCUT2D eigenvalue weighted by Gasteiger charge is 2.13. The number of benzene rings is 3. The lowest BCUT2D eigenvalue weighted by Crippen LogP contribution is -2.39. The summed E-state index contributed by atoms with van der Waals surface area (Å²) in [7, 11) is 0. The molecular formula is C20H16Cl2N4O. The standard InChI is InChI=1S/C20H16Cl2N4O/c21-14-10-12-15(13-11-14)23-19(26-25-16-6-2-1-3-7-16)20(27)24-18-9-5-4-8-17(18)22/h1-13,25H,(H,23,26)(H,24,27). The highest BCUT2D eigenvalue weighted by atomic mass is 35.5. The molecule has 0 atom stereocenters. The molecule has 0 unspecified atom stereocenters. The summed E-state index contributed by atoms with van der Waals surface area (Å²) in [5.74, 6) is -0.373. The first-order valence-corrected chi connectivity index (χ1v) is 8.84. The summed E-state index contributed by atoms with van der Waals surface area (Å²) in [6.07, 6.45) is 0. The minimum absolute atomic E-state index is 0.0705. The van der Waals surface area contributed by atoms with Crippen molar-refractivity contribution in [2.45, 2.75) is 0 Å². The van der Waals surface area contributed by atoms with Crippen molar-refractivity contribution in [3.8, 4) is 0 Å². The summed E-state index contributed by atoms with van der Waals surface area (Å²) in [6, 6.07) is 23.2. The predicted octanol–water partition coefficient (Wildman–Crippen LogP) is 5.28. The van der Waals surface area contributed by atoms with Crippen LogP contribution in [0.5, 0.6) is 0 Å². The third kappa shape index (κ3) is 5.48. The Balaban J connectivity index is 1.82. The SMILES string of the molecule is O=C(Nc1ccccc1Cl)C(=Nc1ccc(Cl)cc1)NNc1ccccc1. The fourth-order valence-electron chi connectivity index (χ4n) is 2.18. The molecular weight excluding hydrogens is 383 g/mol. The van der Waals surface area contributed by atoms with Crippen LogP contribution in [0.15, 0.2) is 83.9 Å². The van der Waals surface area contributed by atoms with Crippen LogP contribution in [0.25, 0.3) is 0 Å². The molecule has 3 aromatic carbocycles. The maximum Gasteiger partial charge on any atom is 0.292 e. The Morgan fingerprint density at radius 1 is 0.815 bits per heavy atom. The van der Waals surface area contributed by atoms with Crippen molar-refractivity contribution in [2.75, 3.05) is 10.7 Å². The molecule has 0 aromatic heterocycles. The van der Waals surface area contributed by atoms with Crippen molar-refractivity contribution in [1.82, 2.24) is 5.43 Å². The molecule has 3 N–H and O–H groups in total. The Hall–Kier alpha value is -3.02. The van der Waals surface area contributed by atoms with Crippen LogP contribution in [-0.4, -0.2) is 11.7 Å². The lowest BCUT2D eigenvalue weighted by molar-refractivity contribution is -0.110. The van der Waals surface area contributed by atoms with Crippen LogP contribution in [-0.2, 0) is 4.79 Å². The maximum absolute atomic E-state index is 12.7. The van der Waals surface area contributed by atoms with E-state index in [0.717, 1.165) is 5.69 Å². The number of rotatable bonds is 4. The van der Waals surface area contributed by atoms with Gasteiger partial charge in [-0.25, -0.2) is 4.99 Å². The molecule has 0 spiro atoms. The number of carbonyl (C=O) groups excluding carboxylic acids is 1. The van der Waals surface area contributed by atoms with E-state index in [2.05, 4.69) is 21.2 Å². The monoisotopic (exact) mass is 398 g/mol. The van der Waals surface area contributed by atoms with Gasteiger partial charge in [-0.15, -0.1) is 0 Å². The number of carbonyl (C=O) groups is 1. The second-order valence-corrected chi connectivity index (χ2v) is 6.33. The Kier molecular flexibility index (Phi) is 6.30. The third-order valence-corrected chi connectivity index (χ3v) is 4.09. The summed E-state index contributed by atoms with van der Waals surface area (Å²) in [5, 5.41) is 3.77. The minimum Gasteiger partial charge on any atom is -0.318 e. The molecule has 0 aliphatic carbocycles. The zero-order valence-electron chi connectivity index (χ0n) is 14.1. The molecule has 3 rings (SSSR count). The quantitative estimate of drug-likeness (QED) is 0.318. The molecule has 136 valence electrons. The van der Waals surface area contributed by atoms with Crippen molar-refractivity contribution < 1.29 is 4.79 Å². The van der Waals surface area contributed by atoms with E-state index in [1.807, 2.05) is 30.3 Å². The van der Waals surface area contributed by atoms with Crippen LogP contribution < -0.4 is 16.2 Å². The molecule has 0 aliphatic rings. The Bertz CT molecular complexity index is 944. The fourth-order valence-corrected chi connectivity index (χ4v) is 2.49. The summed E-state index contributed by atoms with van der Waals surface area (Å²) in [4.78, 5) is 17.1. The highest BCUT2D eigenvalue weighted by Crippen LogP contribution is 2.21. The first kappa shape index (κ1) is 18.8. The minimum atomic E-state index is -0.443. The van der Waals surface area contributed by atoms with E-state index in [1.165, 1.54) is 0 Å². The largest absolute Gasteiger partial charge is 0.318 e. The number of hydrogen-bond donors (Lipinski definition) is 3. The normalized spacial score (nSPS) is 11.0. The van der Waals surface area contributed by atoms with Crippen molar-refractivity contribution in [3.05, 3.63) is 88.9 Å². The molecule has 27 heavy (non-hydrogen) atoms. The van der Waals surface area contributed by atoms with Gasteiger partial charge in [0.05, 0.1) is 22.1 Å². The number of amides is 1. The van der Waals surface area contributed by atoms with Crippen LogP contribution in [0.1, 0.15) is 0 Å². The lowest BCUT2D eigenvalue weighted by atomic mass is 10.3. The number of nitrogens with zero attached hydrogens (tertiary/aromatic N) is 1. The van der Waals surface area contributed by atoms with E-state index in [1.54, 1.807) is 48.5 Å². The second kappa shape index (κ2) is 9.07. The van der Waals surface area contributed by atoms with Gasteiger partial charge in [-0.05, 0) is 48.5 Å². The van der Waals surface area contributed by atoms with E-state index in [-0.39, 0.29) is 5.84 Å². The summed E-state index contributed by atoms with van der Waals surface area (Å²) in [5.41, 5.74) is 7.66. The lowest BCUT2D eigenvalue weighted by Gasteiger charge is -2.13. The Labute approximate surface area is 167 Å². The number of para-hydroxylation sites is 2. The average Bonchev–Trinajstić information content (AvgIpc) is 2.69. The van der Waals surface area contributed by atoms with E-state index in [4.69, 9.17) is 23.2 Å². The van der Waals surface area contributed by atoms with Gasteiger partial charge in [-0.3, -0.25) is 15.6 Å². The molecule has 3 aromatic rings. The Morgan fingerprint density at radius 2 is 1.48 bits per heavy atom. The summed E-state index contributed by atoms with van der Waals surface area (Å²) in [6.45, 7) is 0. The van der Waals surface area contributed by atoms with Crippen molar-refractivity contribution in [3.63, 3.8) is 0 Å². The molecule has 0 saturated carbocycles. The fraction of sp³-hybridized carbons (Fsp3) is 0. The van der Waals surface area contributed by atoms with Gasteiger partial charge >= 0.3 is 0 Å². The second-order valence-electron chi connectivity index (χ2n) is 5.49. The molecule has 0 aliphatic heterocycles. The molecule has 0 saturated heterocycles. The zero-order chi connectivity index (χ0) is 19.1. The van der Waals surface area contributed by atoms with Crippen molar-refractivity contribution in [2.24, 2.45) is 4.99 Å². The molecule has 0 radical (unpaired) electrons. The van der Waals surface area contributed by atoms with E-state index >= 15 is 0 Å². The van der Waals surface area contributed by atoms with Crippen LogP contribution >= 0.6 is 23.2 Å². The molecule has 7 heteroatoms. The number of hydrogen-bond acceptors (Lipinski definition) is 3. The third-order valence-electron chi connectivity index (χ3n) is 3.50. The van der Waals surface area contributed by atoms with Crippen LogP contribution in [0, 0.1) is 0 Å². The number of anilines is 2. The molecule has 5 nitrogen and oxygen atoms in total. The highest BCUT2D eigenvalue weighted by molar-refractivity contribution is 6.44.